The molecule has 4 rings (SSSR count). The van der Waals surface area contributed by atoms with E-state index in [1.165, 1.54) is 28.2 Å². The van der Waals surface area contributed by atoms with Gasteiger partial charge in [0.15, 0.2) is 7.05 Å². The van der Waals surface area contributed by atoms with E-state index in [9.17, 15) is 0 Å². The second-order valence-corrected chi connectivity index (χ2v) is 5.81. The van der Waals surface area contributed by atoms with E-state index >= 15 is 0 Å². The molecule has 19 heavy (non-hydrogen) atoms. The van der Waals surface area contributed by atoms with Crippen LogP contribution < -0.4 is 4.58 Å². The second-order valence-electron chi connectivity index (χ2n) is 5.81. The fraction of sp³-hybridized carbons (Fsp3) is 0.235. The SMILES string of the molecule is C[N+]1=C=[N+]2c3ccccc3C(C)(C)c3cccc1c32. The molecule has 0 spiro atoms. The quantitative estimate of drug-likeness (QED) is 0.628. The zero-order valence-electron chi connectivity index (χ0n) is 11.4. The smallest absolute Gasteiger partial charge is 0.0893 e. The molecule has 0 saturated heterocycles. The highest BCUT2D eigenvalue weighted by molar-refractivity contribution is 5.83. The molecule has 92 valence electrons. The van der Waals surface area contributed by atoms with Crippen molar-refractivity contribution in [3.63, 3.8) is 0 Å². The Labute approximate surface area is 113 Å². The summed E-state index contributed by atoms with van der Waals surface area (Å²) in [5.74, 6) is 0. The van der Waals surface area contributed by atoms with Gasteiger partial charge in [-0.15, -0.1) is 0 Å². The van der Waals surface area contributed by atoms with Crippen molar-refractivity contribution in [1.82, 2.24) is 4.58 Å². The van der Waals surface area contributed by atoms with Crippen molar-refractivity contribution < 1.29 is 4.58 Å². The van der Waals surface area contributed by atoms with Crippen molar-refractivity contribution in [2.75, 3.05) is 7.05 Å². The molecule has 0 fully saturated rings. The predicted octanol–water partition coefficient (Wildman–Crippen LogP) is 3.62. The van der Waals surface area contributed by atoms with Crippen LogP contribution in [0.15, 0.2) is 42.5 Å². The van der Waals surface area contributed by atoms with Gasteiger partial charge in [-0.3, -0.25) is 0 Å². The number of hydrogen-bond donors (Lipinski definition) is 0. The van der Waals surface area contributed by atoms with Gasteiger partial charge in [0, 0.05) is 28.7 Å². The maximum Gasteiger partial charge on any atom is 0.496 e. The van der Waals surface area contributed by atoms with Crippen LogP contribution in [0.4, 0.5) is 17.1 Å². The van der Waals surface area contributed by atoms with E-state index in [2.05, 4.69) is 78.5 Å². The molecule has 2 nitrogen and oxygen atoms in total. The number of rotatable bonds is 0. The van der Waals surface area contributed by atoms with Crippen molar-refractivity contribution in [2.24, 2.45) is 0 Å². The largest absolute Gasteiger partial charge is 0.496 e. The zero-order chi connectivity index (χ0) is 13.2. The van der Waals surface area contributed by atoms with Crippen LogP contribution in [0.25, 0.3) is 0 Å². The number of hydrogen-bond acceptors (Lipinski definition) is 0. The summed E-state index contributed by atoms with van der Waals surface area (Å²) >= 11 is 0. The first-order chi connectivity index (χ1) is 9.10. The van der Waals surface area contributed by atoms with Gasteiger partial charge in [0.05, 0.1) is 0 Å². The average molecular weight is 248 g/mol. The van der Waals surface area contributed by atoms with Gasteiger partial charge in [0.2, 0.25) is 5.69 Å². The number of nitrogens with zero attached hydrogens (tertiary/aromatic N) is 2. The van der Waals surface area contributed by atoms with Crippen LogP contribution in [0.3, 0.4) is 0 Å². The summed E-state index contributed by atoms with van der Waals surface area (Å²) < 4.78 is 4.28. The van der Waals surface area contributed by atoms with E-state index in [0.717, 1.165) is 0 Å². The minimum absolute atomic E-state index is 0.0330. The molecular formula is C17H16N2+2. The molecule has 2 heteroatoms. The number of benzene rings is 2. The van der Waals surface area contributed by atoms with E-state index in [1.807, 2.05) is 0 Å². The van der Waals surface area contributed by atoms with Crippen LogP contribution in [0.1, 0.15) is 25.0 Å². The zero-order valence-corrected chi connectivity index (χ0v) is 11.4. The molecule has 2 aromatic carbocycles. The van der Waals surface area contributed by atoms with Gasteiger partial charge in [0.25, 0.3) is 5.69 Å². The monoisotopic (exact) mass is 248 g/mol. The first-order valence-electron chi connectivity index (χ1n) is 6.64. The molecule has 0 aromatic heterocycles. The molecule has 2 aliphatic rings. The summed E-state index contributed by atoms with van der Waals surface area (Å²) in [4.78, 5) is 0. The normalized spacial score (nSPS) is 17.4. The lowest BCUT2D eigenvalue weighted by molar-refractivity contribution is -0.394. The summed E-state index contributed by atoms with van der Waals surface area (Å²) in [5.41, 5.74) is 6.54. The fourth-order valence-electron chi connectivity index (χ4n) is 3.31. The van der Waals surface area contributed by atoms with Crippen LogP contribution in [0.2, 0.25) is 0 Å². The van der Waals surface area contributed by atoms with Gasteiger partial charge in [-0.1, -0.05) is 48.8 Å². The third-order valence-corrected chi connectivity index (χ3v) is 4.34. The van der Waals surface area contributed by atoms with Gasteiger partial charge in [-0.25, -0.2) is 0 Å². The van der Waals surface area contributed by atoms with Gasteiger partial charge < -0.3 is 0 Å². The standard InChI is InChI=1S/C17H16N2/c1-17(2)12-7-4-5-9-14(12)19-11-18(3)15-10-6-8-13(17)16(15)19/h4-10H,1-3H3/q+2. The van der Waals surface area contributed by atoms with Crippen LogP contribution in [-0.4, -0.2) is 17.6 Å². The van der Waals surface area contributed by atoms with Crippen LogP contribution >= 0.6 is 0 Å². The fourth-order valence-corrected chi connectivity index (χ4v) is 3.31. The number of fused-ring (bicyclic) bond motifs is 2. The summed E-state index contributed by atoms with van der Waals surface area (Å²) in [6.07, 6.45) is 0. The highest BCUT2D eigenvalue weighted by Crippen LogP contribution is 2.50. The third-order valence-electron chi connectivity index (χ3n) is 4.34. The lowest BCUT2D eigenvalue weighted by Gasteiger charge is -2.29. The summed E-state index contributed by atoms with van der Waals surface area (Å²) in [6.45, 7) is 4.61. The van der Waals surface area contributed by atoms with Gasteiger partial charge >= 0.3 is 11.7 Å². The van der Waals surface area contributed by atoms with Crippen molar-refractivity contribution in [3.05, 3.63) is 53.6 Å². The molecule has 2 heterocycles. The minimum atomic E-state index is 0.0330. The molecule has 0 atom stereocenters. The predicted molar refractivity (Wildman–Crippen MR) is 77.3 cm³/mol. The Morgan fingerprint density at radius 2 is 1.58 bits per heavy atom. The molecule has 0 N–H and O–H groups in total. The second kappa shape index (κ2) is 3.23. The molecule has 2 aromatic rings. The van der Waals surface area contributed by atoms with E-state index in [1.54, 1.807) is 0 Å². The van der Waals surface area contributed by atoms with E-state index in [0.29, 0.717) is 0 Å². The van der Waals surface area contributed by atoms with Crippen LogP contribution in [-0.2, 0) is 5.41 Å². The first-order valence-corrected chi connectivity index (χ1v) is 6.64. The molecular weight excluding hydrogens is 232 g/mol. The first kappa shape index (κ1) is 10.7. The summed E-state index contributed by atoms with van der Waals surface area (Å²) in [7, 11) is 2.06. The Bertz CT molecular complexity index is 791. The highest BCUT2D eigenvalue weighted by Gasteiger charge is 2.47. The van der Waals surface area contributed by atoms with Crippen LogP contribution in [0.5, 0.6) is 0 Å². The lowest BCUT2D eigenvalue weighted by atomic mass is 9.74. The van der Waals surface area contributed by atoms with Crippen molar-refractivity contribution in [3.8, 4) is 0 Å². The molecule has 2 aliphatic heterocycles. The van der Waals surface area contributed by atoms with E-state index in [4.69, 9.17) is 0 Å². The third kappa shape index (κ3) is 1.17. The summed E-state index contributed by atoms with van der Waals surface area (Å²) in [6, 6.07) is 18.6. The van der Waals surface area contributed by atoms with Crippen molar-refractivity contribution in [2.45, 2.75) is 19.3 Å². The van der Waals surface area contributed by atoms with E-state index < -0.39 is 0 Å². The maximum atomic E-state index is 3.42. The Kier molecular flexibility index (Phi) is 1.82. The Hall–Kier alpha value is -2.18. The van der Waals surface area contributed by atoms with Crippen LogP contribution in [0, 0.1) is 0 Å². The average Bonchev–Trinajstić information content (AvgIpc) is 2.75. The summed E-state index contributed by atoms with van der Waals surface area (Å²) in [5, 5.41) is 0. The Morgan fingerprint density at radius 1 is 0.895 bits per heavy atom. The maximum absolute atomic E-state index is 3.42. The van der Waals surface area contributed by atoms with Crippen molar-refractivity contribution >= 4 is 23.1 Å². The molecule has 0 radical (unpaired) electrons. The Balaban J connectivity index is 2.20. The number of para-hydroxylation sites is 2. The molecule has 0 bridgehead atoms. The van der Waals surface area contributed by atoms with Gasteiger partial charge in [-0.2, -0.15) is 0 Å². The molecule has 0 aliphatic carbocycles. The molecule has 0 saturated carbocycles. The van der Waals surface area contributed by atoms with E-state index in [-0.39, 0.29) is 5.41 Å². The molecule has 0 amide bonds. The molecule has 0 unspecified atom stereocenters. The Morgan fingerprint density at radius 3 is 2.42 bits per heavy atom. The topological polar surface area (TPSA) is 6.02 Å². The minimum Gasteiger partial charge on any atom is -0.0893 e. The lowest BCUT2D eigenvalue weighted by Crippen LogP contribution is -2.27. The van der Waals surface area contributed by atoms with Gasteiger partial charge in [0.1, 0.15) is 0 Å². The van der Waals surface area contributed by atoms with Crippen molar-refractivity contribution in [1.29, 1.82) is 0 Å². The van der Waals surface area contributed by atoms with Gasteiger partial charge in [-0.05, 0) is 4.58 Å². The highest BCUT2D eigenvalue weighted by atomic mass is 15.2.